The number of methoxy groups -OCH3 is 1. The van der Waals surface area contributed by atoms with Gasteiger partial charge in [0.25, 0.3) is 0 Å². The monoisotopic (exact) mass is 288 g/mol. The number of carbonyl (C=O) groups excluding carboxylic acids is 1. The topological polar surface area (TPSA) is 64.3 Å². The van der Waals surface area contributed by atoms with Gasteiger partial charge in [-0.1, -0.05) is 18.2 Å². The molecule has 2 aromatic carbocycles. The van der Waals surface area contributed by atoms with Crippen molar-refractivity contribution >= 4 is 17.3 Å². The number of anilines is 2. The third-order valence-electron chi connectivity index (χ3n) is 3.11. The Morgan fingerprint density at radius 1 is 1.29 bits per heavy atom. The lowest BCUT2D eigenvalue weighted by atomic mass is 10.1. The Bertz CT molecular complexity index is 644. The van der Waals surface area contributed by atoms with Crippen molar-refractivity contribution in [2.45, 2.75) is 12.8 Å². The van der Waals surface area contributed by atoms with Gasteiger partial charge in [-0.3, -0.25) is 4.79 Å². The van der Waals surface area contributed by atoms with E-state index in [1.807, 2.05) is 18.2 Å². The van der Waals surface area contributed by atoms with Crippen molar-refractivity contribution < 1.29 is 13.9 Å². The van der Waals surface area contributed by atoms with Crippen LogP contribution < -0.4 is 15.8 Å². The SMILES string of the molecule is COc1ccc(NC(=O)CCc2ccccc2N)cc1F. The first-order chi connectivity index (χ1) is 10.1. The number of nitrogens with two attached hydrogens (primary N) is 1. The maximum Gasteiger partial charge on any atom is 0.224 e. The summed E-state index contributed by atoms with van der Waals surface area (Å²) in [6, 6.07) is 11.7. The molecule has 0 aliphatic rings. The van der Waals surface area contributed by atoms with Crippen molar-refractivity contribution in [3.8, 4) is 5.75 Å². The Morgan fingerprint density at radius 3 is 2.71 bits per heavy atom. The number of aryl methyl sites for hydroxylation is 1. The number of carbonyl (C=O) groups is 1. The molecule has 0 spiro atoms. The molecule has 1 amide bonds. The number of halogens is 1. The summed E-state index contributed by atoms with van der Waals surface area (Å²) in [5.74, 6) is -0.560. The molecule has 5 heteroatoms. The van der Waals surface area contributed by atoms with E-state index in [-0.39, 0.29) is 18.1 Å². The lowest BCUT2D eigenvalue weighted by Crippen LogP contribution is -2.13. The number of hydrogen-bond donors (Lipinski definition) is 2. The van der Waals surface area contributed by atoms with Crippen LogP contribution in [-0.4, -0.2) is 13.0 Å². The lowest BCUT2D eigenvalue weighted by Gasteiger charge is -2.08. The smallest absolute Gasteiger partial charge is 0.224 e. The minimum Gasteiger partial charge on any atom is -0.494 e. The number of benzene rings is 2. The molecule has 0 saturated heterocycles. The highest BCUT2D eigenvalue weighted by molar-refractivity contribution is 5.91. The van der Waals surface area contributed by atoms with Crippen molar-refractivity contribution in [1.29, 1.82) is 0 Å². The van der Waals surface area contributed by atoms with Gasteiger partial charge in [0, 0.05) is 23.9 Å². The molecule has 0 saturated carbocycles. The van der Waals surface area contributed by atoms with Crippen molar-refractivity contribution in [2.24, 2.45) is 0 Å². The summed E-state index contributed by atoms with van der Waals surface area (Å²) >= 11 is 0. The number of amides is 1. The summed E-state index contributed by atoms with van der Waals surface area (Å²) in [4.78, 5) is 11.9. The Kier molecular flexibility index (Phi) is 4.77. The standard InChI is InChI=1S/C16H17FN2O2/c1-21-15-8-7-12(10-13(15)17)19-16(20)9-6-11-4-2-3-5-14(11)18/h2-5,7-8,10H,6,9,18H2,1H3,(H,19,20). The van der Waals surface area contributed by atoms with Gasteiger partial charge in [-0.2, -0.15) is 0 Å². The van der Waals surface area contributed by atoms with Crippen molar-refractivity contribution in [3.63, 3.8) is 0 Å². The minimum absolute atomic E-state index is 0.144. The summed E-state index contributed by atoms with van der Waals surface area (Å²) in [6.07, 6.45) is 0.818. The summed E-state index contributed by atoms with van der Waals surface area (Å²) < 4.78 is 18.3. The van der Waals surface area contributed by atoms with Crippen LogP contribution in [-0.2, 0) is 11.2 Å². The minimum atomic E-state index is -0.511. The average Bonchev–Trinajstić information content (AvgIpc) is 2.46. The summed E-state index contributed by atoms with van der Waals surface area (Å²) in [6.45, 7) is 0. The number of ether oxygens (including phenoxy) is 1. The highest BCUT2D eigenvalue weighted by atomic mass is 19.1. The molecule has 21 heavy (non-hydrogen) atoms. The quantitative estimate of drug-likeness (QED) is 0.831. The van der Waals surface area contributed by atoms with Crippen LogP contribution in [0.5, 0.6) is 5.75 Å². The first kappa shape index (κ1) is 14.8. The van der Waals surface area contributed by atoms with Crippen LogP contribution in [0.25, 0.3) is 0 Å². The summed E-state index contributed by atoms with van der Waals surface area (Å²) in [5.41, 5.74) is 7.81. The zero-order valence-corrected chi connectivity index (χ0v) is 11.7. The van der Waals surface area contributed by atoms with E-state index in [2.05, 4.69) is 5.32 Å². The van der Waals surface area contributed by atoms with Gasteiger partial charge in [0.1, 0.15) is 0 Å². The maximum absolute atomic E-state index is 13.5. The summed E-state index contributed by atoms with van der Waals surface area (Å²) in [5, 5.41) is 2.65. The fourth-order valence-corrected chi connectivity index (χ4v) is 1.98. The van der Waals surface area contributed by atoms with E-state index < -0.39 is 5.82 Å². The van der Waals surface area contributed by atoms with Crippen LogP contribution in [0.2, 0.25) is 0 Å². The molecule has 0 heterocycles. The molecule has 2 aromatic rings. The second-order valence-corrected chi connectivity index (χ2v) is 4.60. The summed E-state index contributed by atoms with van der Waals surface area (Å²) in [7, 11) is 1.39. The molecule has 3 N–H and O–H groups in total. The van der Waals surface area contributed by atoms with E-state index in [4.69, 9.17) is 10.5 Å². The highest BCUT2D eigenvalue weighted by Gasteiger charge is 2.08. The molecule has 4 nitrogen and oxygen atoms in total. The van der Waals surface area contributed by atoms with Gasteiger partial charge in [0.05, 0.1) is 7.11 Å². The highest BCUT2D eigenvalue weighted by Crippen LogP contribution is 2.21. The van der Waals surface area contributed by atoms with Crippen LogP contribution in [0.1, 0.15) is 12.0 Å². The third-order valence-corrected chi connectivity index (χ3v) is 3.11. The van der Waals surface area contributed by atoms with Crippen LogP contribution in [0.4, 0.5) is 15.8 Å². The molecule has 0 unspecified atom stereocenters. The van der Waals surface area contributed by atoms with E-state index in [1.165, 1.54) is 19.2 Å². The van der Waals surface area contributed by atoms with Gasteiger partial charge in [0.2, 0.25) is 5.91 Å². The predicted octanol–water partition coefficient (Wildman–Crippen LogP) is 2.99. The van der Waals surface area contributed by atoms with E-state index in [1.54, 1.807) is 12.1 Å². The molecule has 110 valence electrons. The number of nitrogen functional groups attached to an aromatic ring is 1. The van der Waals surface area contributed by atoms with E-state index >= 15 is 0 Å². The number of nitrogens with one attached hydrogen (secondary N) is 1. The average molecular weight is 288 g/mol. The Labute approximate surface area is 122 Å². The van der Waals surface area contributed by atoms with Crippen LogP contribution in [0.15, 0.2) is 42.5 Å². The molecule has 2 rings (SSSR count). The molecule has 0 bridgehead atoms. The van der Waals surface area contributed by atoms with Crippen LogP contribution >= 0.6 is 0 Å². The fourth-order valence-electron chi connectivity index (χ4n) is 1.98. The van der Waals surface area contributed by atoms with Gasteiger partial charge in [-0.25, -0.2) is 4.39 Å². The largest absolute Gasteiger partial charge is 0.494 e. The van der Waals surface area contributed by atoms with Gasteiger partial charge in [-0.15, -0.1) is 0 Å². The molecule has 0 atom stereocenters. The lowest BCUT2D eigenvalue weighted by molar-refractivity contribution is -0.116. The predicted molar refractivity (Wildman–Crippen MR) is 80.8 cm³/mol. The first-order valence-corrected chi connectivity index (χ1v) is 6.57. The third kappa shape index (κ3) is 3.95. The zero-order chi connectivity index (χ0) is 15.2. The number of hydrogen-bond acceptors (Lipinski definition) is 3. The van der Waals surface area contributed by atoms with Gasteiger partial charge >= 0.3 is 0 Å². The Morgan fingerprint density at radius 2 is 2.05 bits per heavy atom. The van der Waals surface area contributed by atoms with Gasteiger partial charge in [-0.05, 0) is 30.2 Å². The van der Waals surface area contributed by atoms with E-state index in [0.29, 0.717) is 17.8 Å². The van der Waals surface area contributed by atoms with Crippen molar-refractivity contribution in [1.82, 2.24) is 0 Å². The van der Waals surface area contributed by atoms with Crippen molar-refractivity contribution in [3.05, 3.63) is 53.8 Å². The molecule has 0 radical (unpaired) electrons. The zero-order valence-electron chi connectivity index (χ0n) is 11.7. The molecule has 0 fully saturated rings. The molecule has 0 aromatic heterocycles. The van der Waals surface area contributed by atoms with Gasteiger partial charge in [0.15, 0.2) is 11.6 Å². The van der Waals surface area contributed by atoms with Crippen LogP contribution in [0, 0.1) is 5.82 Å². The van der Waals surface area contributed by atoms with E-state index in [0.717, 1.165) is 5.56 Å². The molecular formula is C16H17FN2O2. The normalized spacial score (nSPS) is 10.2. The number of rotatable bonds is 5. The Balaban J connectivity index is 1.93. The second kappa shape index (κ2) is 6.74. The van der Waals surface area contributed by atoms with Crippen molar-refractivity contribution in [2.75, 3.05) is 18.2 Å². The first-order valence-electron chi connectivity index (χ1n) is 6.57. The second-order valence-electron chi connectivity index (χ2n) is 4.60. The Hall–Kier alpha value is -2.56. The fraction of sp³-hybridized carbons (Fsp3) is 0.188. The van der Waals surface area contributed by atoms with E-state index in [9.17, 15) is 9.18 Å². The molecule has 0 aliphatic carbocycles. The van der Waals surface area contributed by atoms with Gasteiger partial charge < -0.3 is 15.8 Å². The maximum atomic E-state index is 13.5. The number of para-hydroxylation sites is 1. The van der Waals surface area contributed by atoms with Crippen LogP contribution in [0.3, 0.4) is 0 Å². The molecule has 0 aliphatic heterocycles. The molecular weight excluding hydrogens is 271 g/mol.